The number of benzene rings is 1. The third kappa shape index (κ3) is 2.52. The molecule has 1 aromatic carbocycles. The van der Waals surface area contributed by atoms with Crippen LogP contribution in [0.5, 0.6) is 0 Å². The Balaban J connectivity index is 2.09. The van der Waals surface area contributed by atoms with Gasteiger partial charge in [0.05, 0.1) is 15.9 Å². The maximum absolute atomic E-state index is 11.8. The van der Waals surface area contributed by atoms with E-state index in [1.165, 1.54) is 11.3 Å². The van der Waals surface area contributed by atoms with Crippen LogP contribution >= 0.6 is 22.9 Å². The average Bonchev–Trinajstić information content (AvgIpc) is 3.02. The average molecular weight is 323 g/mol. The zero-order valence-corrected chi connectivity index (χ0v) is 13.3. The summed E-state index contributed by atoms with van der Waals surface area (Å²) in [6.45, 7) is 2.52. The third-order valence-corrected chi connectivity index (χ3v) is 4.81. The first kappa shape index (κ1) is 14.4. The topological polar surface area (TPSA) is 47.2 Å². The fourth-order valence-corrected chi connectivity index (χ4v) is 3.72. The molecule has 0 aliphatic rings. The van der Waals surface area contributed by atoms with Gasteiger partial charge < -0.3 is 9.73 Å². The molecule has 110 valence electrons. The van der Waals surface area contributed by atoms with Gasteiger partial charge in [0, 0.05) is 11.4 Å². The molecule has 0 fully saturated rings. The Bertz CT molecular complexity index is 834. The third-order valence-electron chi connectivity index (χ3n) is 3.51. The minimum atomic E-state index is -0.315. The molecule has 1 N–H and O–H groups in total. The first-order valence-electron chi connectivity index (χ1n) is 6.69. The van der Waals surface area contributed by atoms with Crippen molar-refractivity contribution in [3.05, 3.63) is 55.7 Å². The fraction of sp³-hybridized carbons (Fsp3) is 0.267. The molecule has 0 spiro atoms. The van der Waals surface area contributed by atoms with Crippen LogP contribution in [0.4, 0.5) is 0 Å². The van der Waals surface area contributed by atoms with Gasteiger partial charge in [-0.1, -0.05) is 17.7 Å². The Morgan fingerprint density at radius 2 is 2.19 bits per heavy atom. The zero-order chi connectivity index (χ0) is 15.0. The van der Waals surface area contributed by atoms with Crippen molar-refractivity contribution in [2.45, 2.75) is 19.5 Å². The Kier molecular flexibility index (Phi) is 3.89. The standard InChI is InChI=1S/C15H15ClN2O2S/c1-3-18-10-5-4-9(8-11(10)20-15(18)19)14(17-2)12-6-7-13(16)21-12/h4-8,14,17H,3H2,1-2H3. The van der Waals surface area contributed by atoms with Gasteiger partial charge in [-0.05, 0) is 43.8 Å². The van der Waals surface area contributed by atoms with Gasteiger partial charge >= 0.3 is 5.76 Å². The largest absolute Gasteiger partial charge is 0.419 e. The number of fused-ring (bicyclic) bond motifs is 1. The molecule has 0 aliphatic heterocycles. The highest BCUT2D eigenvalue weighted by Crippen LogP contribution is 2.32. The van der Waals surface area contributed by atoms with Crippen LogP contribution in [0, 0.1) is 0 Å². The van der Waals surface area contributed by atoms with Gasteiger partial charge in [0.1, 0.15) is 0 Å². The van der Waals surface area contributed by atoms with Crippen LogP contribution in [0.3, 0.4) is 0 Å². The summed E-state index contributed by atoms with van der Waals surface area (Å²) in [4.78, 5) is 12.9. The number of nitrogens with one attached hydrogen (secondary N) is 1. The van der Waals surface area contributed by atoms with Crippen LogP contribution in [0.1, 0.15) is 23.4 Å². The molecule has 0 bridgehead atoms. The molecule has 3 rings (SSSR count). The lowest BCUT2D eigenvalue weighted by molar-refractivity contribution is 0.512. The summed E-state index contributed by atoms with van der Waals surface area (Å²) in [5.41, 5.74) is 2.48. The number of rotatable bonds is 4. The molecule has 0 aliphatic carbocycles. The summed E-state index contributed by atoms with van der Waals surface area (Å²) in [7, 11) is 1.90. The van der Waals surface area contributed by atoms with Gasteiger partial charge in [0.15, 0.2) is 5.58 Å². The van der Waals surface area contributed by atoms with Crippen molar-refractivity contribution < 1.29 is 4.42 Å². The highest BCUT2D eigenvalue weighted by atomic mass is 35.5. The highest BCUT2D eigenvalue weighted by molar-refractivity contribution is 7.16. The number of oxazole rings is 1. The van der Waals surface area contributed by atoms with E-state index in [0.29, 0.717) is 12.1 Å². The molecule has 1 unspecified atom stereocenters. The summed E-state index contributed by atoms with van der Waals surface area (Å²) in [6, 6.07) is 9.78. The van der Waals surface area contributed by atoms with Crippen molar-refractivity contribution in [3.63, 3.8) is 0 Å². The SMILES string of the molecule is CCn1c(=O)oc2cc(C(NC)c3ccc(Cl)s3)ccc21. The van der Waals surface area contributed by atoms with Gasteiger partial charge in [0.2, 0.25) is 0 Å². The lowest BCUT2D eigenvalue weighted by atomic mass is 10.1. The monoisotopic (exact) mass is 322 g/mol. The number of nitrogens with zero attached hydrogens (tertiary/aromatic N) is 1. The zero-order valence-electron chi connectivity index (χ0n) is 11.7. The van der Waals surface area contributed by atoms with E-state index in [9.17, 15) is 4.79 Å². The molecule has 2 aromatic heterocycles. The molecule has 0 saturated carbocycles. The number of halogens is 1. The molecular weight excluding hydrogens is 308 g/mol. The lowest BCUT2D eigenvalue weighted by Crippen LogP contribution is -2.16. The van der Waals surface area contributed by atoms with Crippen molar-refractivity contribution in [1.29, 1.82) is 0 Å². The minimum absolute atomic E-state index is 0.0298. The van der Waals surface area contributed by atoms with Crippen LogP contribution in [-0.4, -0.2) is 11.6 Å². The van der Waals surface area contributed by atoms with Crippen LogP contribution in [0.25, 0.3) is 11.1 Å². The van der Waals surface area contributed by atoms with Crippen molar-refractivity contribution in [3.8, 4) is 0 Å². The maximum Gasteiger partial charge on any atom is 0.419 e. The molecule has 21 heavy (non-hydrogen) atoms. The Hall–Kier alpha value is -1.56. The Labute approximate surface area is 131 Å². The molecule has 0 saturated heterocycles. The van der Waals surface area contributed by atoms with Crippen LogP contribution in [-0.2, 0) is 6.54 Å². The van der Waals surface area contributed by atoms with Crippen molar-refractivity contribution in [1.82, 2.24) is 9.88 Å². The lowest BCUT2D eigenvalue weighted by Gasteiger charge is -2.14. The summed E-state index contributed by atoms with van der Waals surface area (Å²) < 4.78 is 7.70. The summed E-state index contributed by atoms with van der Waals surface area (Å²) in [5, 5.41) is 3.27. The molecule has 3 aromatic rings. The van der Waals surface area contributed by atoms with E-state index >= 15 is 0 Å². The fourth-order valence-electron chi connectivity index (χ4n) is 2.52. The maximum atomic E-state index is 11.8. The molecule has 4 nitrogen and oxygen atoms in total. The molecular formula is C15H15ClN2O2S. The number of hydrogen-bond donors (Lipinski definition) is 1. The molecule has 0 radical (unpaired) electrons. The van der Waals surface area contributed by atoms with Gasteiger partial charge in [-0.3, -0.25) is 4.57 Å². The molecule has 1 atom stereocenters. The van der Waals surface area contributed by atoms with E-state index < -0.39 is 0 Å². The predicted octanol–water partition coefficient (Wildman–Crippen LogP) is 3.64. The van der Waals surface area contributed by atoms with Crippen LogP contribution < -0.4 is 11.1 Å². The second-order valence-corrected chi connectivity index (χ2v) is 6.45. The number of aromatic nitrogens is 1. The van der Waals surface area contributed by atoms with E-state index in [1.807, 2.05) is 44.3 Å². The number of aryl methyl sites for hydroxylation is 1. The van der Waals surface area contributed by atoms with Crippen molar-refractivity contribution in [2.24, 2.45) is 0 Å². The first-order valence-corrected chi connectivity index (χ1v) is 7.89. The van der Waals surface area contributed by atoms with Crippen molar-refractivity contribution >= 4 is 34.0 Å². The molecule has 0 amide bonds. The van der Waals surface area contributed by atoms with Crippen LogP contribution in [0.2, 0.25) is 4.34 Å². The van der Waals surface area contributed by atoms with E-state index in [-0.39, 0.29) is 11.8 Å². The van der Waals surface area contributed by atoms with Gasteiger partial charge in [-0.15, -0.1) is 11.3 Å². The van der Waals surface area contributed by atoms with E-state index in [4.69, 9.17) is 16.0 Å². The number of hydrogen-bond acceptors (Lipinski definition) is 4. The van der Waals surface area contributed by atoms with Gasteiger partial charge in [-0.25, -0.2) is 4.79 Å². The Morgan fingerprint density at radius 3 is 2.81 bits per heavy atom. The smallest absolute Gasteiger partial charge is 0.408 e. The molecule has 2 heterocycles. The van der Waals surface area contributed by atoms with Crippen LogP contribution in [0.15, 0.2) is 39.5 Å². The Morgan fingerprint density at radius 1 is 1.38 bits per heavy atom. The summed E-state index contributed by atoms with van der Waals surface area (Å²) in [5.74, 6) is -0.315. The predicted molar refractivity (Wildman–Crippen MR) is 86.4 cm³/mol. The second-order valence-electron chi connectivity index (χ2n) is 4.70. The van der Waals surface area contributed by atoms with E-state index in [2.05, 4.69) is 5.32 Å². The summed E-state index contributed by atoms with van der Waals surface area (Å²) in [6.07, 6.45) is 0. The first-order chi connectivity index (χ1) is 10.1. The molecule has 6 heteroatoms. The van der Waals surface area contributed by atoms with Gasteiger partial charge in [-0.2, -0.15) is 0 Å². The quantitative estimate of drug-likeness (QED) is 0.797. The van der Waals surface area contributed by atoms with E-state index in [1.54, 1.807) is 4.57 Å². The second kappa shape index (κ2) is 5.67. The van der Waals surface area contributed by atoms with Gasteiger partial charge in [0.25, 0.3) is 0 Å². The van der Waals surface area contributed by atoms with E-state index in [0.717, 1.165) is 20.3 Å². The minimum Gasteiger partial charge on any atom is -0.408 e. The highest BCUT2D eigenvalue weighted by Gasteiger charge is 2.16. The number of thiophene rings is 1. The van der Waals surface area contributed by atoms with Crippen molar-refractivity contribution in [2.75, 3.05) is 7.05 Å². The normalized spacial score (nSPS) is 12.9. The summed E-state index contributed by atoms with van der Waals surface area (Å²) >= 11 is 7.55.